The van der Waals surface area contributed by atoms with Crippen LogP contribution in [0, 0.1) is 0 Å². The standard InChI is InChI=1S/C14H20N2O4S/c1-11(14(17)18)15-7-9-16(10-8-15)12-3-5-13(6-4-12)21(2,19)20/h3-6,11H,7-10H2,1-2H3,(H,17,18). The molecular formula is C14H20N2O4S. The molecule has 1 atom stereocenters. The Balaban J connectivity index is 2.01. The average Bonchev–Trinajstić information content (AvgIpc) is 2.46. The smallest absolute Gasteiger partial charge is 0.320 e. The predicted octanol–water partition coefficient (Wildman–Crippen LogP) is 0.685. The van der Waals surface area contributed by atoms with Crippen molar-refractivity contribution in [3.8, 4) is 0 Å². The molecule has 0 saturated carbocycles. The molecule has 21 heavy (non-hydrogen) atoms. The van der Waals surface area contributed by atoms with Gasteiger partial charge < -0.3 is 10.0 Å². The number of anilines is 1. The van der Waals surface area contributed by atoms with Crippen LogP contribution in [0.15, 0.2) is 29.2 Å². The summed E-state index contributed by atoms with van der Waals surface area (Å²) in [7, 11) is -3.17. The van der Waals surface area contributed by atoms with E-state index in [0.717, 1.165) is 18.8 Å². The average molecular weight is 312 g/mol. The molecule has 1 aliphatic rings. The Morgan fingerprint density at radius 1 is 1.14 bits per heavy atom. The summed E-state index contributed by atoms with van der Waals surface area (Å²) in [6, 6.07) is 6.34. The van der Waals surface area contributed by atoms with Crippen molar-refractivity contribution in [3.05, 3.63) is 24.3 Å². The van der Waals surface area contributed by atoms with Gasteiger partial charge in [-0.2, -0.15) is 0 Å². The lowest BCUT2D eigenvalue weighted by Crippen LogP contribution is -2.51. The first-order valence-corrected chi connectivity index (χ1v) is 8.70. The molecular weight excluding hydrogens is 292 g/mol. The highest BCUT2D eigenvalue weighted by Gasteiger charge is 2.25. The quantitative estimate of drug-likeness (QED) is 0.881. The Kier molecular flexibility index (Phi) is 4.53. The molecule has 0 amide bonds. The van der Waals surface area contributed by atoms with E-state index >= 15 is 0 Å². The number of sulfone groups is 1. The van der Waals surface area contributed by atoms with E-state index in [1.165, 1.54) is 6.26 Å². The fourth-order valence-corrected chi connectivity index (χ4v) is 3.06. The Morgan fingerprint density at radius 3 is 2.10 bits per heavy atom. The monoisotopic (exact) mass is 312 g/mol. The Morgan fingerprint density at radius 2 is 1.67 bits per heavy atom. The third-order valence-electron chi connectivity index (χ3n) is 3.85. The minimum Gasteiger partial charge on any atom is -0.480 e. The van der Waals surface area contributed by atoms with Crippen LogP contribution in [0.3, 0.4) is 0 Å². The molecule has 1 aliphatic heterocycles. The number of benzene rings is 1. The summed E-state index contributed by atoms with van der Waals surface area (Å²) in [5.74, 6) is -0.805. The summed E-state index contributed by atoms with van der Waals surface area (Å²) in [4.78, 5) is 15.3. The van der Waals surface area contributed by atoms with Gasteiger partial charge in [-0.1, -0.05) is 0 Å². The maximum absolute atomic E-state index is 11.4. The first-order chi connectivity index (χ1) is 9.79. The molecule has 1 aromatic carbocycles. The molecule has 6 nitrogen and oxygen atoms in total. The van der Waals surface area contributed by atoms with Gasteiger partial charge in [0, 0.05) is 38.1 Å². The van der Waals surface area contributed by atoms with E-state index in [1.54, 1.807) is 31.2 Å². The van der Waals surface area contributed by atoms with Crippen LogP contribution in [-0.4, -0.2) is 62.9 Å². The Bertz CT molecular complexity index is 604. The number of carboxylic acid groups (broad SMARTS) is 1. The fraction of sp³-hybridized carbons (Fsp3) is 0.500. The van der Waals surface area contributed by atoms with Crippen molar-refractivity contribution in [1.29, 1.82) is 0 Å². The first-order valence-electron chi connectivity index (χ1n) is 6.81. The van der Waals surface area contributed by atoms with Crippen molar-refractivity contribution in [1.82, 2.24) is 4.90 Å². The zero-order chi connectivity index (χ0) is 15.6. The van der Waals surface area contributed by atoms with Gasteiger partial charge in [0.1, 0.15) is 6.04 Å². The van der Waals surface area contributed by atoms with E-state index in [9.17, 15) is 13.2 Å². The number of rotatable bonds is 4. The van der Waals surface area contributed by atoms with E-state index in [-0.39, 0.29) is 0 Å². The Hall–Kier alpha value is -1.60. The summed E-state index contributed by atoms with van der Waals surface area (Å²) in [6.07, 6.45) is 1.19. The van der Waals surface area contributed by atoms with Gasteiger partial charge in [-0.05, 0) is 31.2 Å². The molecule has 1 N–H and O–H groups in total. The molecule has 1 heterocycles. The second-order valence-corrected chi connectivity index (χ2v) is 7.32. The molecule has 1 aromatic rings. The van der Waals surface area contributed by atoms with E-state index in [2.05, 4.69) is 4.90 Å². The molecule has 1 saturated heterocycles. The van der Waals surface area contributed by atoms with Crippen LogP contribution in [0.4, 0.5) is 5.69 Å². The van der Waals surface area contributed by atoms with Gasteiger partial charge in [-0.15, -0.1) is 0 Å². The molecule has 0 aliphatic carbocycles. The van der Waals surface area contributed by atoms with Gasteiger partial charge in [-0.3, -0.25) is 9.69 Å². The third-order valence-corrected chi connectivity index (χ3v) is 4.98. The summed E-state index contributed by atoms with van der Waals surface area (Å²) in [6.45, 7) is 4.52. The van der Waals surface area contributed by atoms with E-state index < -0.39 is 21.8 Å². The zero-order valence-corrected chi connectivity index (χ0v) is 13.0. The molecule has 7 heteroatoms. The molecule has 2 rings (SSSR count). The SMILES string of the molecule is CC(C(=O)O)N1CCN(c2ccc(S(C)(=O)=O)cc2)CC1. The van der Waals surface area contributed by atoms with E-state index in [4.69, 9.17) is 5.11 Å². The lowest BCUT2D eigenvalue weighted by Gasteiger charge is -2.37. The number of hydrogen-bond acceptors (Lipinski definition) is 5. The molecule has 0 bridgehead atoms. The van der Waals surface area contributed by atoms with Crippen molar-refractivity contribution in [2.24, 2.45) is 0 Å². The Labute approximate surface area is 124 Å². The van der Waals surface area contributed by atoms with Crippen LogP contribution in [0.2, 0.25) is 0 Å². The van der Waals surface area contributed by atoms with Crippen LogP contribution in [0.5, 0.6) is 0 Å². The van der Waals surface area contributed by atoms with Gasteiger partial charge >= 0.3 is 5.97 Å². The second kappa shape index (κ2) is 6.03. The molecule has 1 fully saturated rings. The molecule has 0 radical (unpaired) electrons. The lowest BCUT2D eigenvalue weighted by molar-refractivity contribution is -0.142. The van der Waals surface area contributed by atoms with Gasteiger partial charge in [-0.25, -0.2) is 8.42 Å². The van der Waals surface area contributed by atoms with Crippen LogP contribution in [-0.2, 0) is 14.6 Å². The van der Waals surface area contributed by atoms with Crippen molar-refractivity contribution >= 4 is 21.5 Å². The summed E-state index contributed by atoms with van der Waals surface area (Å²) >= 11 is 0. The topological polar surface area (TPSA) is 77.9 Å². The largest absolute Gasteiger partial charge is 0.480 e. The number of aliphatic carboxylic acids is 1. The first kappa shape index (κ1) is 15.8. The summed E-state index contributed by atoms with van der Waals surface area (Å²) in [5, 5.41) is 9.01. The van der Waals surface area contributed by atoms with Gasteiger partial charge in [0.2, 0.25) is 0 Å². The van der Waals surface area contributed by atoms with Crippen LogP contribution in [0.1, 0.15) is 6.92 Å². The van der Waals surface area contributed by atoms with Crippen LogP contribution >= 0.6 is 0 Å². The van der Waals surface area contributed by atoms with Gasteiger partial charge in [0.15, 0.2) is 9.84 Å². The van der Waals surface area contributed by atoms with Crippen LogP contribution < -0.4 is 4.90 Å². The highest BCUT2D eigenvalue weighted by molar-refractivity contribution is 7.90. The van der Waals surface area contributed by atoms with Crippen molar-refractivity contribution in [2.75, 3.05) is 37.3 Å². The summed E-state index contributed by atoms with van der Waals surface area (Å²) in [5.41, 5.74) is 0.963. The maximum Gasteiger partial charge on any atom is 0.320 e. The van der Waals surface area contributed by atoms with Crippen molar-refractivity contribution < 1.29 is 18.3 Å². The second-order valence-electron chi connectivity index (χ2n) is 5.30. The zero-order valence-electron chi connectivity index (χ0n) is 12.2. The molecule has 0 spiro atoms. The minimum atomic E-state index is -3.17. The van der Waals surface area contributed by atoms with E-state index in [0.29, 0.717) is 18.0 Å². The highest BCUT2D eigenvalue weighted by Crippen LogP contribution is 2.20. The maximum atomic E-state index is 11.4. The lowest BCUT2D eigenvalue weighted by atomic mass is 10.2. The summed E-state index contributed by atoms with van der Waals surface area (Å²) < 4.78 is 22.9. The van der Waals surface area contributed by atoms with Crippen molar-refractivity contribution in [3.63, 3.8) is 0 Å². The molecule has 0 aromatic heterocycles. The number of piperazine rings is 1. The van der Waals surface area contributed by atoms with Gasteiger partial charge in [0.25, 0.3) is 0 Å². The molecule has 116 valence electrons. The number of carbonyl (C=O) groups is 1. The predicted molar refractivity (Wildman–Crippen MR) is 80.4 cm³/mol. The van der Waals surface area contributed by atoms with Crippen LogP contribution in [0.25, 0.3) is 0 Å². The van der Waals surface area contributed by atoms with E-state index in [1.807, 2.05) is 4.90 Å². The number of nitrogens with zero attached hydrogens (tertiary/aromatic N) is 2. The third kappa shape index (κ3) is 3.74. The van der Waals surface area contributed by atoms with Crippen molar-refractivity contribution in [2.45, 2.75) is 17.9 Å². The van der Waals surface area contributed by atoms with Gasteiger partial charge in [0.05, 0.1) is 4.90 Å². The number of hydrogen-bond donors (Lipinski definition) is 1. The minimum absolute atomic E-state index is 0.310. The fourth-order valence-electron chi connectivity index (χ4n) is 2.43. The number of carboxylic acids is 1. The molecule has 1 unspecified atom stereocenters. The highest BCUT2D eigenvalue weighted by atomic mass is 32.2. The normalized spacial score (nSPS) is 18.5.